The summed E-state index contributed by atoms with van der Waals surface area (Å²) in [5, 5.41) is 12.3. The molecule has 2 atom stereocenters. The highest BCUT2D eigenvalue weighted by Gasteiger charge is 2.49. The maximum Gasteiger partial charge on any atom is 0.573 e. The van der Waals surface area contributed by atoms with E-state index in [1.165, 1.54) is 0 Å². The Morgan fingerprint density at radius 2 is 1.93 bits per heavy atom. The molecular weight excluding hydrogens is 386 g/mol. The van der Waals surface area contributed by atoms with Gasteiger partial charge in [-0.15, -0.1) is 13.2 Å². The number of Topliss-reactive ketones (excluding diaryl/α,β-unsaturated/α-hetero) is 1. The standard InChI is InChI=1S/C18H21F4NO5/c1-16(2,3)28-15(26)23-17(9-5-7-11(24)14(17)25)10-6-4-8-12(13(10)19)27-18(20,21)22/h4,6,8,11,24H,5,7,9H2,1-3H3,(H,23,26)/t11-,17-/m1/s1. The van der Waals surface area contributed by atoms with Crippen molar-refractivity contribution in [2.45, 2.75) is 63.6 Å². The molecule has 1 aromatic rings. The van der Waals surface area contributed by atoms with Gasteiger partial charge in [0.25, 0.3) is 0 Å². The van der Waals surface area contributed by atoms with Gasteiger partial charge in [0.2, 0.25) is 0 Å². The molecule has 1 fully saturated rings. The van der Waals surface area contributed by atoms with Crippen molar-refractivity contribution in [3.8, 4) is 5.75 Å². The first-order valence-electron chi connectivity index (χ1n) is 8.53. The first-order chi connectivity index (χ1) is 12.8. The Kier molecular flexibility index (Phi) is 5.93. The van der Waals surface area contributed by atoms with E-state index in [0.717, 1.165) is 18.2 Å². The lowest BCUT2D eigenvalue weighted by Crippen LogP contribution is -2.58. The number of hydrogen-bond acceptors (Lipinski definition) is 5. The van der Waals surface area contributed by atoms with Crippen LogP contribution < -0.4 is 10.1 Å². The summed E-state index contributed by atoms with van der Waals surface area (Å²) in [6.07, 6.45) is -7.58. The number of benzene rings is 1. The first kappa shape index (κ1) is 21.9. The van der Waals surface area contributed by atoms with Gasteiger partial charge >= 0.3 is 12.5 Å². The number of amides is 1. The third-order valence-electron chi connectivity index (χ3n) is 4.12. The van der Waals surface area contributed by atoms with Crippen LogP contribution in [-0.2, 0) is 15.1 Å². The highest BCUT2D eigenvalue weighted by Crippen LogP contribution is 2.39. The second kappa shape index (κ2) is 7.57. The molecule has 0 bridgehead atoms. The zero-order valence-corrected chi connectivity index (χ0v) is 15.5. The van der Waals surface area contributed by atoms with Crippen LogP contribution in [0.2, 0.25) is 0 Å². The number of ketones is 1. The molecule has 28 heavy (non-hydrogen) atoms. The van der Waals surface area contributed by atoms with E-state index in [1.54, 1.807) is 20.8 Å². The van der Waals surface area contributed by atoms with Gasteiger partial charge in [-0.05, 0) is 46.1 Å². The number of carbonyl (C=O) groups excluding carboxylic acids is 2. The maximum atomic E-state index is 14.9. The quantitative estimate of drug-likeness (QED) is 0.749. The van der Waals surface area contributed by atoms with E-state index in [4.69, 9.17) is 4.74 Å². The Labute approximate surface area is 158 Å². The van der Waals surface area contributed by atoms with E-state index < -0.39 is 52.6 Å². The molecule has 0 aromatic heterocycles. The Balaban J connectivity index is 2.53. The highest BCUT2D eigenvalue weighted by atomic mass is 19.4. The molecule has 10 heteroatoms. The third kappa shape index (κ3) is 4.92. The number of alkyl halides is 3. The number of nitrogens with one attached hydrogen (secondary N) is 1. The largest absolute Gasteiger partial charge is 0.573 e. The molecule has 0 heterocycles. The van der Waals surface area contributed by atoms with Crippen molar-refractivity contribution in [3.63, 3.8) is 0 Å². The normalized spacial score (nSPS) is 23.3. The van der Waals surface area contributed by atoms with Gasteiger partial charge in [-0.3, -0.25) is 4.79 Å². The SMILES string of the molecule is CC(C)(C)OC(=O)N[C@@]1(c2cccc(OC(F)(F)F)c2F)CCC[C@@H](O)C1=O. The minimum atomic E-state index is -5.15. The molecule has 1 amide bonds. The van der Waals surface area contributed by atoms with Gasteiger partial charge in [0, 0.05) is 5.56 Å². The zero-order chi connectivity index (χ0) is 21.3. The lowest BCUT2D eigenvalue weighted by atomic mass is 9.74. The molecule has 2 rings (SSSR count). The summed E-state index contributed by atoms with van der Waals surface area (Å²) in [7, 11) is 0. The van der Waals surface area contributed by atoms with Crippen molar-refractivity contribution in [1.82, 2.24) is 5.32 Å². The second-order valence-corrected chi connectivity index (χ2v) is 7.47. The average Bonchev–Trinajstić information content (AvgIpc) is 2.51. The summed E-state index contributed by atoms with van der Waals surface area (Å²) in [4.78, 5) is 25.0. The molecule has 1 aliphatic rings. The fraction of sp³-hybridized carbons (Fsp3) is 0.556. The van der Waals surface area contributed by atoms with Crippen molar-refractivity contribution < 1.29 is 41.7 Å². The molecule has 0 spiro atoms. The number of hydrogen-bond donors (Lipinski definition) is 2. The van der Waals surface area contributed by atoms with Crippen LogP contribution >= 0.6 is 0 Å². The Bertz CT molecular complexity index is 759. The highest BCUT2D eigenvalue weighted by molar-refractivity contribution is 5.96. The minimum absolute atomic E-state index is 0.0803. The van der Waals surface area contributed by atoms with Crippen molar-refractivity contribution in [2.75, 3.05) is 0 Å². The van der Waals surface area contributed by atoms with Crippen LogP contribution in [0.3, 0.4) is 0 Å². The molecule has 0 radical (unpaired) electrons. The molecule has 1 aromatic carbocycles. The Hall–Kier alpha value is -2.36. The lowest BCUT2D eigenvalue weighted by molar-refractivity contribution is -0.275. The van der Waals surface area contributed by atoms with Crippen LogP contribution in [0.25, 0.3) is 0 Å². The van der Waals surface area contributed by atoms with Crippen molar-refractivity contribution in [3.05, 3.63) is 29.6 Å². The number of ether oxygens (including phenoxy) is 2. The predicted octanol–water partition coefficient (Wildman–Crippen LogP) is 3.56. The number of carbonyl (C=O) groups is 2. The summed E-state index contributed by atoms with van der Waals surface area (Å²) in [5.41, 5.74) is -3.57. The average molecular weight is 407 g/mol. The van der Waals surface area contributed by atoms with Crippen molar-refractivity contribution in [2.24, 2.45) is 0 Å². The summed E-state index contributed by atoms with van der Waals surface area (Å²) in [6, 6.07) is 2.87. The second-order valence-electron chi connectivity index (χ2n) is 7.47. The lowest BCUT2D eigenvalue weighted by Gasteiger charge is -2.39. The fourth-order valence-electron chi connectivity index (χ4n) is 3.08. The van der Waals surface area contributed by atoms with Gasteiger partial charge in [-0.25, -0.2) is 9.18 Å². The predicted molar refractivity (Wildman–Crippen MR) is 89.0 cm³/mol. The minimum Gasteiger partial charge on any atom is -0.444 e. The summed E-state index contributed by atoms with van der Waals surface area (Å²) >= 11 is 0. The summed E-state index contributed by atoms with van der Waals surface area (Å²) < 4.78 is 61.3. The molecule has 0 unspecified atom stereocenters. The van der Waals surface area contributed by atoms with Gasteiger partial charge < -0.3 is 19.9 Å². The van der Waals surface area contributed by atoms with Gasteiger partial charge in [-0.2, -0.15) is 0 Å². The van der Waals surface area contributed by atoms with Gasteiger partial charge in [-0.1, -0.05) is 12.1 Å². The van der Waals surface area contributed by atoms with Gasteiger partial charge in [0.15, 0.2) is 17.3 Å². The fourth-order valence-corrected chi connectivity index (χ4v) is 3.08. The van der Waals surface area contributed by atoms with E-state index in [-0.39, 0.29) is 19.3 Å². The van der Waals surface area contributed by atoms with E-state index in [1.807, 2.05) is 0 Å². The number of aliphatic hydroxyl groups is 1. The Morgan fingerprint density at radius 3 is 2.50 bits per heavy atom. The monoisotopic (exact) mass is 407 g/mol. The molecule has 1 saturated carbocycles. The molecule has 0 saturated heterocycles. The molecular formula is C18H21F4NO5. The number of alkyl carbamates (subject to hydrolysis) is 1. The summed E-state index contributed by atoms with van der Waals surface area (Å²) in [6.45, 7) is 4.69. The van der Waals surface area contributed by atoms with Crippen LogP contribution in [0.4, 0.5) is 22.4 Å². The van der Waals surface area contributed by atoms with E-state index in [9.17, 15) is 32.3 Å². The molecule has 1 aliphatic carbocycles. The van der Waals surface area contributed by atoms with Crippen LogP contribution in [0.5, 0.6) is 5.75 Å². The number of aliphatic hydroxyl groups excluding tert-OH is 1. The van der Waals surface area contributed by atoms with Crippen LogP contribution in [-0.4, -0.2) is 35.1 Å². The molecule has 0 aliphatic heterocycles. The van der Waals surface area contributed by atoms with Crippen LogP contribution in [0.15, 0.2) is 18.2 Å². The van der Waals surface area contributed by atoms with E-state index in [0.29, 0.717) is 0 Å². The maximum absolute atomic E-state index is 14.9. The zero-order valence-electron chi connectivity index (χ0n) is 15.5. The van der Waals surface area contributed by atoms with Crippen LogP contribution in [0, 0.1) is 5.82 Å². The molecule has 156 valence electrons. The Morgan fingerprint density at radius 1 is 1.29 bits per heavy atom. The molecule has 6 nitrogen and oxygen atoms in total. The molecule has 2 N–H and O–H groups in total. The van der Waals surface area contributed by atoms with Gasteiger partial charge in [0.05, 0.1) is 0 Å². The van der Waals surface area contributed by atoms with E-state index >= 15 is 0 Å². The number of rotatable bonds is 3. The smallest absolute Gasteiger partial charge is 0.444 e. The van der Waals surface area contributed by atoms with Crippen LogP contribution in [0.1, 0.15) is 45.6 Å². The van der Waals surface area contributed by atoms with Crippen molar-refractivity contribution in [1.29, 1.82) is 0 Å². The van der Waals surface area contributed by atoms with Gasteiger partial charge in [0.1, 0.15) is 17.2 Å². The first-order valence-corrected chi connectivity index (χ1v) is 8.53. The van der Waals surface area contributed by atoms with Crippen molar-refractivity contribution >= 4 is 11.9 Å². The summed E-state index contributed by atoms with van der Waals surface area (Å²) in [5.74, 6) is -3.55. The third-order valence-corrected chi connectivity index (χ3v) is 4.12. The topological polar surface area (TPSA) is 84.9 Å². The number of halogens is 4. The van der Waals surface area contributed by atoms with E-state index in [2.05, 4.69) is 10.1 Å².